The molecule has 0 fully saturated rings. The molecule has 1 aromatic heterocycles. The monoisotopic (exact) mass is 288 g/mol. The largest absolute Gasteiger partial charge is 0.481 e. The molecule has 1 amide bonds. The minimum atomic E-state index is -0.971. The first-order valence-electron chi connectivity index (χ1n) is 6.53. The van der Waals surface area contributed by atoms with Crippen molar-refractivity contribution in [3.05, 3.63) is 53.4 Å². The van der Waals surface area contributed by atoms with Gasteiger partial charge in [0.2, 0.25) is 5.91 Å². The van der Waals surface area contributed by atoms with Crippen LogP contribution in [0.4, 0.5) is 0 Å². The maximum absolute atomic E-state index is 12.0. The second-order valence-corrected chi connectivity index (χ2v) is 4.73. The SMILES string of the molecule is Cc1cc(CC(=O)NC(CC(=O)O)c2ccccc2)no1. The molecule has 2 N–H and O–H groups in total. The topological polar surface area (TPSA) is 92.4 Å². The molecule has 0 aliphatic carbocycles. The van der Waals surface area contributed by atoms with E-state index in [0.29, 0.717) is 11.5 Å². The fourth-order valence-electron chi connectivity index (χ4n) is 2.02. The van der Waals surface area contributed by atoms with Gasteiger partial charge in [0.25, 0.3) is 0 Å². The number of carbonyl (C=O) groups excluding carboxylic acids is 1. The summed E-state index contributed by atoms with van der Waals surface area (Å²) < 4.78 is 4.90. The molecule has 0 spiro atoms. The van der Waals surface area contributed by atoms with Crippen LogP contribution in [0.25, 0.3) is 0 Å². The van der Waals surface area contributed by atoms with Crippen LogP contribution in [0.1, 0.15) is 29.5 Å². The molecule has 0 bridgehead atoms. The number of amides is 1. The van der Waals surface area contributed by atoms with Gasteiger partial charge in [-0.15, -0.1) is 0 Å². The molecule has 0 saturated carbocycles. The number of rotatable bonds is 6. The summed E-state index contributed by atoms with van der Waals surface area (Å²) in [6.07, 6.45) is -0.117. The van der Waals surface area contributed by atoms with E-state index in [1.807, 2.05) is 6.07 Å². The van der Waals surface area contributed by atoms with Crippen LogP contribution in [0.5, 0.6) is 0 Å². The van der Waals surface area contributed by atoms with Crippen molar-refractivity contribution in [2.24, 2.45) is 0 Å². The first-order valence-corrected chi connectivity index (χ1v) is 6.53. The van der Waals surface area contributed by atoms with E-state index >= 15 is 0 Å². The van der Waals surface area contributed by atoms with Crippen molar-refractivity contribution >= 4 is 11.9 Å². The molecule has 0 aliphatic rings. The zero-order valence-corrected chi connectivity index (χ0v) is 11.6. The van der Waals surface area contributed by atoms with Crippen molar-refractivity contribution in [3.8, 4) is 0 Å². The van der Waals surface area contributed by atoms with E-state index < -0.39 is 12.0 Å². The summed E-state index contributed by atoms with van der Waals surface area (Å²) >= 11 is 0. The van der Waals surface area contributed by atoms with Crippen molar-refractivity contribution < 1.29 is 19.2 Å². The second kappa shape index (κ2) is 6.69. The molecule has 2 aromatic rings. The lowest BCUT2D eigenvalue weighted by Crippen LogP contribution is -2.31. The Morgan fingerprint density at radius 1 is 1.33 bits per heavy atom. The Labute approximate surface area is 121 Å². The lowest BCUT2D eigenvalue weighted by molar-refractivity contribution is -0.137. The molecule has 110 valence electrons. The first kappa shape index (κ1) is 14.8. The van der Waals surface area contributed by atoms with E-state index in [2.05, 4.69) is 10.5 Å². The van der Waals surface area contributed by atoms with Crippen LogP contribution in [0.3, 0.4) is 0 Å². The van der Waals surface area contributed by atoms with Crippen molar-refractivity contribution in [1.29, 1.82) is 0 Å². The van der Waals surface area contributed by atoms with E-state index in [0.717, 1.165) is 5.56 Å². The van der Waals surface area contributed by atoms with Gasteiger partial charge in [0.15, 0.2) is 0 Å². The first-order chi connectivity index (χ1) is 10.0. The molecule has 2 rings (SSSR count). The van der Waals surface area contributed by atoms with Crippen LogP contribution in [-0.4, -0.2) is 22.1 Å². The molecule has 1 unspecified atom stereocenters. The normalized spacial score (nSPS) is 11.9. The Morgan fingerprint density at radius 2 is 2.05 bits per heavy atom. The third-order valence-corrected chi connectivity index (χ3v) is 2.93. The number of aliphatic carboxylic acids is 1. The Morgan fingerprint density at radius 3 is 2.62 bits per heavy atom. The summed E-state index contributed by atoms with van der Waals surface area (Å²) in [5.41, 5.74) is 1.27. The average Bonchev–Trinajstić information content (AvgIpc) is 2.83. The van der Waals surface area contributed by atoms with Gasteiger partial charge in [-0.1, -0.05) is 35.5 Å². The third-order valence-electron chi connectivity index (χ3n) is 2.93. The molecule has 0 radical (unpaired) electrons. The highest BCUT2D eigenvalue weighted by molar-refractivity contribution is 5.79. The average molecular weight is 288 g/mol. The second-order valence-electron chi connectivity index (χ2n) is 4.73. The van der Waals surface area contributed by atoms with Crippen molar-refractivity contribution in [1.82, 2.24) is 10.5 Å². The van der Waals surface area contributed by atoms with E-state index in [1.165, 1.54) is 0 Å². The number of carboxylic acids is 1. The van der Waals surface area contributed by atoms with E-state index in [4.69, 9.17) is 9.63 Å². The summed E-state index contributed by atoms with van der Waals surface area (Å²) in [5, 5.41) is 15.4. The molecule has 0 aliphatic heterocycles. The fraction of sp³-hybridized carbons (Fsp3) is 0.267. The number of carboxylic acid groups (broad SMARTS) is 1. The van der Waals surface area contributed by atoms with E-state index in [-0.39, 0.29) is 18.7 Å². The van der Waals surface area contributed by atoms with Gasteiger partial charge in [-0.25, -0.2) is 0 Å². The summed E-state index contributed by atoms with van der Waals surface area (Å²) in [4.78, 5) is 22.9. The molecular formula is C15H16N2O4. The van der Waals surface area contributed by atoms with Gasteiger partial charge in [-0.2, -0.15) is 0 Å². The predicted molar refractivity (Wildman–Crippen MR) is 74.5 cm³/mol. The molecule has 1 heterocycles. The zero-order chi connectivity index (χ0) is 15.2. The highest BCUT2D eigenvalue weighted by Gasteiger charge is 2.18. The Balaban J connectivity index is 2.04. The van der Waals surface area contributed by atoms with Crippen LogP contribution in [0.15, 0.2) is 40.9 Å². The van der Waals surface area contributed by atoms with Gasteiger partial charge in [0, 0.05) is 6.07 Å². The summed E-state index contributed by atoms with van der Waals surface area (Å²) in [6, 6.07) is 10.1. The predicted octanol–water partition coefficient (Wildman–Crippen LogP) is 1.86. The summed E-state index contributed by atoms with van der Waals surface area (Å²) in [6.45, 7) is 1.74. The van der Waals surface area contributed by atoms with Crippen molar-refractivity contribution in [2.45, 2.75) is 25.8 Å². The number of nitrogens with one attached hydrogen (secondary N) is 1. The number of aryl methyl sites for hydroxylation is 1. The summed E-state index contributed by atoms with van der Waals surface area (Å²) in [7, 11) is 0. The minimum absolute atomic E-state index is 0.0558. The van der Waals surface area contributed by atoms with E-state index in [1.54, 1.807) is 37.3 Å². The Kier molecular flexibility index (Phi) is 4.71. The van der Waals surface area contributed by atoms with Crippen LogP contribution in [0, 0.1) is 6.92 Å². The maximum atomic E-state index is 12.0. The third kappa shape index (κ3) is 4.45. The standard InChI is InChI=1S/C15H16N2O4/c1-10-7-12(17-21-10)8-14(18)16-13(9-15(19)20)11-5-3-2-4-6-11/h2-7,13H,8-9H2,1H3,(H,16,18)(H,19,20). The molecule has 0 saturated heterocycles. The highest BCUT2D eigenvalue weighted by atomic mass is 16.5. The molecule has 1 atom stereocenters. The minimum Gasteiger partial charge on any atom is -0.481 e. The molecule has 21 heavy (non-hydrogen) atoms. The van der Waals surface area contributed by atoms with Gasteiger partial charge in [0.1, 0.15) is 5.76 Å². The number of benzene rings is 1. The van der Waals surface area contributed by atoms with Crippen LogP contribution in [-0.2, 0) is 16.0 Å². The molecule has 6 heteroatoms. The zero-order valence-electron chi connectivity index (χ0n) is 11.6. The van der Waals surface area contributed by atoms with Gasteiger partial charge >= 0.3 is 5.97 Å². The lowest BCUT2D eigenvalue weighted by Gasteiger charge is -2.17. The maximum Gasteiger partial charge on any atom is 0.305 e. The number of hydrogen-bond acceptors (Lipinski definition) is 4. The van der Waals surface area contributed by atoms with Crippen molar-refractivity contribution in [3.63, 3.8) is 0 Å². The number of carbonyl (C=O) groups is 2. The van der Waals surface area contributed by atoms with Crippen LogP contribution in [0.2, 0.25) is 0 Å². The van der Waals surface area contributed by atoms with Crippen LogP contribution < -0.4 is 5.32 Å². The van der Waals surface area contributed by atoms with Gasteiger partial charge in [0.05, 0.1) is 24.6 Å². The smallest absolute Gasteiger partial charge is 0.305 e. The highest BCUT2D eigenvalue weighted by Crippen LogP contribution is 2.16. The Bertz CT molecular complexity index is 622. The van der Waals surface area contributed by atoms with Gasteiger partial charge in [-0.05, 0) is 12.5 Å². The van der Waals surface area contributed by atoms with Gasteiger partial charge < -0.3 is 14.9 Å². The number of hydrogen-bond donors (Lipinski definition) is 2. The van der Waals surface area contributed by atoms with Crippen LogP contribution >= 0.6 is 0 Å². The molecular weight excluding hydrogens is 272 g/mol. The lowest BCUT2D eigenvalue weighted by atomic mass is 10.0. The Hall–Kier alpha value is -2.63. The van der Waals surface area contributed by atoms with E-state index in [9.17, 15) is 9.59 Å². The fourth-order valence-corrected chi connectivity index (χ4v) is 2.02. The van der Waals surface area contributed by atoms with Crippen molar-refractivity contribution in [2.75, 3.05) is 0 Å². The molecule has 6 nitrogen and oxygen atoms in total. The quantitative estimate of drug-likeness (QED) is 0.846. The number of aromatic nitrogens is 1. The number of nitrogens with zero attached hydrogens (tertiary/aromatic N) is 1. The molecule has 1 aromatic carbocycles. The summed E-state index contributed by atoms with van der Waals surface area (Å²) in [5.74, 6) is -0.636. The van der Waals surface area contributed by atoms with Gasteiger partial charge in [-0.3, -0.25) is 9.59 Å².